The minimum absolute atomic E-state index is 0.111. The number of halogens is 3. The first kappa shape index (κ1) is 14.2. The third-order valence-corrected chi connectivity index (χ3v) is 2.66. The molecule has 0 saturated heterocycles. The number of furan rings is 1. The smallest absolute Gasteiger partial charge is 0.419 e. The fraction of sp³-hybridized carbons (Fsp3) is 0.214. The monoisotopic (exact) mass is 284 g/mol. The van der Waals surface area contributed by atoms with Crippen molar-refractivity contribution in [2.24, 2.45) is 0 Å². The van der Waals surface area contributed by atoms with Crippen molar-refractivity contribution in [3.05, 3.63) is 53.0 Å². The Kier molecular flexibility index (Phi) is 3.57. The van der Waals surface area contributed by atoms with E-state index in [0.717, 1.165) is 12.1 Å². The molecular formula is C14H11F3O3. The molecule has 0 spiro atoms. The highest BCUT2D eigenvalue weighted by molar-refractivity contribution is 5.92. The van der Waals surface area contributed by atoms with Crippen molar-refractivity contribution in [2.75, 3.05) is 0 Å². The van der Waals surface area contributed by atoms with Crippen LogP contribution in [-0.2, 0) is 6.18 Å². The zero-order chi connectivity index (χ0) is 14.9. The molecule has 1 aromatic carbocycles. The molecule has 0 saturated carbocycles. The lowest BCUT2D eigenvalue weighted by Gasteiger charge is -2.12. The molecule has 1 heterocycles. The van der Waals surface area contributed by atoms with Gasteiger partial charge < -0.3 is 9.15 Å². The highest BCUT2D eigenvalue weighted by Gasteiger charge is 2.34. The topological polar surface area (TPSA) is 39.4 Å². The minimum atomic E-state index is -4.59. The molecule has 0 N–H and O–H groups in total. The predicted molar refractivity (Wildman–Crippen MR) is 64.6 cm³/mol. The maximum Gasteiger partial charge on any atom is 0.419 e. The summed E-state index contributed by atoms with van der Waals surface area (Å²) in [6, 6.07) is 5.98. The summed E-state index contributed by atoms with van der Waals surface area (Å²) < 4.78 is 48.3. The lowest BCUT2D eigenvalue weighted by Crippen LogP contribution is -2.13. The Bertz CT molecular complexity index is 641. The van der Waals surface area contributed by atoms with Gasteiger partial charge in [-0.1, -0.05) is 12.1 Å². The van der Waals surface area contributed by atoms with Crippen LogP contribution >= 0.6 is 0 Å². The van der Waals surface area contributed by atoms with Gasteiger partial charge in [0.05, 0.1) is 5.56 Å². The number of carbonyl (C=O) groups is 1. The number of benzene rings is 1. The first-order chi connectivity index (χ1) is 9.29. The van der Waals surface area contributed by atoms with E-state index in [1.165, 1.54) is 18.2 Å². The van der Waals surface area contributed by atoms with Gasteiger partial charge in [-0.3, -0.25) is 0 Å². The summed E-state index contributed by atoms with van der Waals surface area (Å²) in [5.74, 6) is -0.616. The van der Waals surface area contributed by atoms with Gasteiger partial charge in [0.2, 0.25) is 0 Å². The fourth-order valence-electron chi connectivity index (χ4n) is 1.78. The second-order valence-electron chi connectivity index (χ2n) is 4.21. The van der Waals surface area contributed by atoms with E-state index in [9.17, 15) is 18.0 Å². The predicted octanol–water partition coefficient (Wildman–Crippen LogP) is 4.13. The van der Waals surface area contributed by atoms with Crippen molar-refractivity contribution in [3.63, 3.8) is 0 Å². The molecule has 1 aromatic heterocycles. The van der Waals surface area contributed by atoms with Crippen LogP contribution in [0.1, 0.15) is 27.4 Å². The summed E-state index contributed by atoms with van der Waals surface area (Å²) >= 11 is 0. The van der Waals surface area contributed by atoms with Gasteiger partial charge in [0.1, 0.15) is 22.8 Å². The van der Waals surface area contributed by atoms with Crippen molar-refractivity contribution in [1.82, 2.24) is 0 Å². The lowest BCUT2D eigenvalue weighted by atomic mass is 10.2. The average Bonchev–Trinajstić information content (AvgIpc) is 2.68. The number of rotatable bonds is 2. The van der Waals surface area contributed by atoms with Gasteiger partial charge in [-0.15, -0.1) is 0 Å². The summed E-state index contributed by atoms with van der Waals surface area (Å²) in [6.45, 7) is 3.17. The van der Waals surface area contributed by atoms with Gasteiger partial charge in [0, 0.05) is 0 Å². The number of hydrogen-bond acceptors (Lipinski definition) is 3. The van der Waals surface area contributed by atoms with Crippen molar-refractivity contribution in [3.8, 4) is 5.75 Å². The van der Waals surface area contributed by atoms with Crippen molar-refractivity contribution >= 4 is 5.97 Å². The lowest BCUT2D eigenvalue weighted by molar-refractivity contribution is -0.138. The Hall–Kier alpha value is -2.24. The maximum atomic E-state index is 12.8. The van der Waals surface area contributed by atoms with Crippen LogP contribution in [0, 0.1) is 13.8 Å². The molecule has 0 atom stereocenters. The Morgan fingerprint density at radius 1 is 1.20 bits per heavy atom. The van der Waals surface area contributed by atoms with Crippen LogP contribution in [0.2, 0.25) is 0 Å². The van der Waals surface area contributed by atoms with Gasteiger partial charge in [-0.05, 0) is 32.0 Å². The second-order valence-corrected chi connectivity index (χ2v) is 4.21. The summed E-state index contributed by atoms with van der Waals surface area (Å²) in [5, 5.41) is 0. The molecule has 0 fully saturated rings. The van der Waals surface area contributed by atoms with Gasteiger partial charge in [-0.2, -0.15) is 13.2 Å². The molecule has 0 aliphatic heterocycles. The first-order valence-corrected chi connectivity index (χ1v) is 5.74. The number of esters is 1. The van der Waals surface area contributed by atoms with Crippen molar-refractivity contribution < 1.29 is 27.1 Å². The molecule has 20 heavy (non-hydrogen) atoms. The molecule has 6 heteroatoms. The molecule has 2 aromatic rings. The number of para-hydroxylation sites is 1. The third kappa shape index (κ3) is 2.84. The quantitative estimate of drug-likeness (QED) is 0.614. The van der Waals surface area contributed by atoms with Crippen LogP contribution in [0.15, 0.2) is 34.7 Å². The maximum absolute atomic E-state index is 12.8. The van der Waals surface area contributed by atoms with E-state index in [1.54, 1.807) is 13.8 Å². The van der Waals surface area contributed by atoms with Gasteiger partial charge >= 0.3 is 12.1 Å². The normalized spacial score (nSPS) is 11.4. The van der Waals surface area contributed by atoms with Crippen LogP contribution < -0.4 is 4.74 Å². The number of alkyl halides is 3. The Labute approximate surface area is 113 Å². The van der Waals surface area contributed by atoms with Gasteiger partial charge in [-0.25, -0.2) is 4.79 Å². The third-order valence-electron chi connectivity index (χ3n) is 2.66. The van der Waals surface area contributed by atoms with Crippen LogP contribution in [0.5, 0.6) is 5.75 Å². The van der Waals surface area contributed by atoms with E-state index < -0.39 is 23.5 Å². The van der Waals surface area contributed by atoms with E-state index in [0.29, 0.717) is 11.5 Å². The molecule has 106 valence electrons. The summed E-state index contributed by atoms with van der Waals surface area (Å²) in [6.07, 6.45) is -4.59. The summed E-state index contributed by atoms with van der Waals surface area (Å²) in [7, 11) is 0. The Morgan fingerprint density at radius 2 is 1.85 bits per heavy atom. The van der Waals surface area contributed by atoms with E-state index in [2.05, 4.69) is 0 Å². The molecule has 2 rings (SSSR count). The zero-order valence-corrected chi connectivity index (χ0v) is 10.7. The standard InChI is InChI=1S/C14H11F3O3/c1-8-7-10(9(2)19-8)13(18)20-12-6-4-3-5-11(12)14(15,16)17/h3-7H,1-2H3. The number of carbonyl (C=O) groups excluding carboxylic acids is 1. The Morgan fingerprint density at radius 3 is 2.40 bits per heavy atom. The molecule has 0 bridgehead atoms. The van der Waals surface area contributed by atoms with Crippen LogP contribution in [-0.4, -0.2) is 5.97 Å². The van der Waals surface area contributed by atoms with Crippen molar-refractivity contribution in [1.29, 1.82) is 0 Å². The SMILES string of the molecule is Cc1cc(C(=O)Oc2ccccc2C(F)(F)F)c(C)o1. The minimum Gasteiger partial charge on any atom is -0.466 e. The van der Waals surface area contributed by atoms with E-state index in [1.807, 2.05) is 0 Å². The van der Waals surface area contributed by atoms with E-state index >= 15 is 0 Å². The van der Waals surface area contributed by atoms with E-state index in [-0.39, 0.29) is 5.56 Å². The highest BCUT2D eigenvalue weighted by atomic mass is 19.4. The van der Waals surface area contributed by atoms with Crippen LogP contribution in [0.3, 0.4) is 0 Å². The van der Waals surface area contributed by atoms with E-state index in [4.69, 9.17) is 9.15 Å². The fourth-order valence-corrected chi connectivity index (χ4v) is 1.78. The van der Waals surface area contributed by atoms with Crippen LogP contribution in [0.25, 0.3) is 0 Å². The first-order valence-electron chi connectivity index (χ1n) is 5.74. The number of ether oxygens (including phenoxy) is 1. The number of aryl methyl sites for hydroxylation is 2. The molecular weight excluding hydrogens is 273 g/mol. The second kappa shape index (κ2) is 5.03. The number of hydrogen-bond donors (Lipinski definition) is 0. The molecule has 3 nitrogen and oxygen atoms in total. The summed E-state index contributed by atoms with van der Waals surface area (Å²) in [4.78, 5) is 11.9. The molecule has 0 aliphatic carbocycles. The molecule has 0 amide bonds. The zero-order valence-electron chi connectivity index (χ0n) is 10.7. The van der Waals surface area contributed by atoms with Gasteiger partial charge in [0.25, 0.3) is 0 Å². The molecule has 0 unspecified atom stereocenters. The van der Waals surface area contributed by atoms with Crippen molar-refractivity contribution in [2.45, 2.75) is 20.0 Å². The highest BCUT2D eigenvalue weighted by Crippen LogP contribution is 2.36. The molecule has 0 radical (unpaired) electrons. The largest absolute Gasteiger partial charge is 0.466 e. The summed E-state index contributed by atoms with van der Waals surface area (Å²) in [5.41, 5.74) is -0.884. The Balaban J connectivity index is 2.31. The van der Waals surface area contributed by atoms with Gasteiger partial charge in [0.15, 0.2) is 0 Å². The molecule has 0 aliphatic rings. The average molecular weight is 284 g/mol. The van der Waals surface area contributed by atoms with Crippen LogP contribution in [0.4, 0.5) is 13.2 Å².